The average Bonchev–Trinajstić information content (AvgIpc) is 2.54. The van der Waals surface area contributed by atoms with E-state index in [0.29, 0.717) is 0 Å². The van der Waals surface area contributed by atoms with Crippen molar-refractivity contribution in [3.63, 3.8) is 0 Å². The van der Waals surface area contributed by atoms with Crippen LogP contribution in [0.15, 0.2) is 36.4 Å². The van der Waals surface area contributed by atoms with E-state index in [1.54, 1.807) is 0 Å². The first-order valence-electron chi connectivity index (χ1n) is 8.42. The molecule has 0 aliphatic heterocycles. The Morgan fingerprint density at radius 2 is 1.71 bits per heavy atom. The number of aliphatic hydroxyl groups excluding tert-OH is 1. The Hall–Kier alpha value is -1.34. The molecule has 1 fully saturated rings. The number of fused-ring (bicyclic) bond motifs is 1. The fourth-order valence-electron chi connectivity index (χ4n) is 3.79. The summed E-state index contributed by atoms with van der Waals surface area (Å²) in [6.07, 6.45) is 8.64. The molecule has 2 aromatic carbocycles. The van der Waals surface area contributed by atoms with Crippen LogP contribution < -0.4 is 0 Å². The molecule has 1 aliphatic carbocycles. The minimum Gasteiger partial charge on any atom is -0.388 e. The van der Waals surface area contributed by atoms with Gasteiger partial charge in [-0.2, -0.15) is 0 Å². The van der Waals surface area contributed by atoms with Crippen molar-refractivity contribution in [3.05, 3.63) is 47.5 Å². The van der Waals surface area contributed by atoms with E-state index in [4.69, 9.17) is 0 Å². The Morgan fingerprint density at radius 3 is 2.48 bits per heavy atom. The quantitative estimate of drug-likeness (QED) is 0.780. The molecule has 1 N–H and O–H groups in total. The van der Waals surface area contributed by atoms with E-state index in [1.807, 2.05) is 0 Å². The lowest BCUT2D eigenvalue weighted by Crippen LogP contribution is -2.08. The van der Waals surface area contributed by atoms with Gasteiger partial charge < -0.3 is 5.11 Å². The number of benzene rings is 2. The highest BCUT2D eigenvalue weighted by molar-refractivity contribution is 5.88. The van der Waals surface area contributed by atoms with E-state index in [1.165, 1.54) is 54.9 Å². The van der Waals surface area contributed by atoms with Crippen molar-refractivity contribution in [2.75, 3.05) is 0 Å². The molecule has 0 amide bonds. The maximum atomic E-state index is 10.6. The van der Waals surface area contributed by atoms with Crippen LogP contribution in [0.2, 0.25) is 0 Å². The molecule has 2 aromatic rings. The second-order valence-electron chi connectivity index (χ2n) is 6.61. The smallest absolute Gasteiger partial charge is 0.0796 e. The summed E-state index contributed by atoms with van der Waals surface area (Å²) in [6.45, 7) is 2.14. The summed E-state index contributed by atoms with van der Waals surface area (Å²) < 4.78 is 0. The Bertz CT molecular complexity index is 596. The van der Waals surface area contributed by atoms with Crippen molar-refractivity contribution in [1.82, 2.24) is 0 Å². The van der Waals surface area contributed by atoms with E-state index in [-0.39, 0.29) is 6.10 Å². The molecule has 112 valence electrons. The summed E-state index contributed by atoms with van der Waals surface area (Å²) >= 11 is 0. The van der Waals surface area contributed by atoms with Gasteiger partial charge in [0, 0.05) is 0 Å². The van der Waals surface area contributed by atoms with Crippen LogP contribution in [-0.2, 0) is 0 Å². The molecule has 0 heterocycles. The number of aliphatic hydroxyl groups is 1. The van der Waals surface area contributed by atoms with Gasteiger partial charge in [-0.15, -0.1) is 0 Å². The van der Waals surface area contributed by atoms with Crippen molar-refractivity contribution < 1.29 is 5.11 Å². The Balaban J connectivity index is 1.75. The molecule has 21 heavy (non-hydrogen) atoms. The van der Waals surface area contributed by atoms with Gasteiger partial charge in [-0.1, -0.05) is 68.5 Å². The summed E-state index contributed by atoms with van der Waals surface area (Å²) in [7, 11) is 0. The van der Waals surface area contributed by atoms with Crippen LogP contribution in [0.5, 0.6) is 0 Å². The van der Waals surface area contributed by atoms with Gasteiger partial charge in [-0.05, 0) is 47.6 Å². The highest BCUT2D eigenvalue weighted by atomic mass is 16.3. The molecular formula is C20H26O. The monoisotopic (exact) mass is 282 g/mol. The lowest BCUT2D eigenvalue weighted by Gasteiger charge is -2.23. The minimum absolute atomic E-state index is 0.322. The number of hydrogen-bond acceptors (Lipinski definition) is 1. The maximum absolute atomic E-state index is 10.6. The topological polar surface area (TPSA) is 20.2 Å². The minimum atomic E-state index is -0.322. The van der Waals surface area contributed by atoms with Crippen LogP contribution >= 0.6 is 0 Å². The summed E-state index contributed by atoms with van der Waals surface area (Å²) in [6, 6.07) is 12.7. The van der Waals surface area contributed by atoms with Crippen LogP contribution in [0.25, 0.3) is 10.8 Å². The summed E-state index contributed by atoms with van der Waals surface area (Å²) in [4.78, 5) is 0. The first-order valence-corrected chi connectivity index (χ1v) is 8.42. The van der Waals surface area contributed by atoms with E-state index in [9.17, 15) is 5.11 Å². The highest BCUT2D eigenvalue weighted by Gasteiger charge is 2.17. The molecule has 0 radical (unpaired) electrons. The first kappa shape index (κ1) is 14.6. The van der Waals surface area contributed by atoms with Crippen molar-refractivity contribution in [2.45, 2.75) is 58.0 Å². The third-order valence-corrected chi connectivity index (χ3v) is 5.11. The Labute approximate surface area is 128 Å². The lowest BCUT2D eigenvalue weighted by molar-refractivity contribution is 0.152. The van der Waals surface area contributed by atoms with Gasteiger partial charge in [0.05, 0.1) is 6.10 Å². The fraction of sp³-hybridized carbons (Fsp3) is 0.500. The SMILES string of the molecule is Cc1ccc(C(O)CCC2CCCCC2)c2ccccc12. The molecule has 0 aromatic heterocycles. The zero-order chi connectivity index (χ0) is 14.7. The van der Waals surface area contributed by atoms with Gasteiger partial charge in [0.25, 0.3) is 0 Å². The van der Waals surface area contributed by atoms with Crippen molar-refractivity contribution in [1.29, 1.82) is 0 Å². The van der Waals surface area contributed by atoms with Crippen molar-refractivity contribution in [3.8, 4) is 0 Å². The van der Waals surface area contributed by atoms with E-state index >= 15 is 0 Å². The van der Waals surface area contributed by atoms with Gasteiger partial charge >= 0.3 is 0 Å². The maximum Gasteiger partial charge on any atom is 0.0796 e. The van der Waals surface area contributed by atoms with Crippen LogP contribution in [-0.4, -0.2) is 5.11 Å². The predicted octanol–water partition coefficient (Wildman–Crippen LogP) is 5.54. The molecule has 1 unspecified atom stereocenters. The molecule has 1 atom stereocenters. The highest BCUT2D eigenvalue weighted by Crippen LogP contribution is 2.33. The Kier molecular flexibility index (Phi) is 4.60. The fourth-order valence-corrected chi connectivity index (χ4v) is 3.79. The van der Waals surface area contributed by atoms with E-state index in [0.717, 1.165) is 17.9 Å². The second-order valence-corrected chi connectivity index (χ2v) is 6.61. The van der Waals surface area contributed by atoms with Crippen molar-refractivity contribution in [2.24, 2.45) is 5.92 Å². The predicted molar refractivity (Wildman–Crippen MR) is 89.5 cm³/mol. The third kappa shape index (κ3) is 3.29. The van der Waals surface area contributed by atoms with Gasteiger partial charge in [-0.25, -0.2) is 0 Å². The van der Waals surface area contributed by atoms with Crippen LogP contribution in [0.1, 0.15) is 62.2 Å². The van der Waals surface area contributed by atoms with Gasteiger partial charge in [0.1, 0.15) is 0 Å². The zero-order valence-electron chi connectivity index (χ0n) is 13.0. The van der Waals surface area contributed by atoms with E-state index in [2.05, 4.69) is 43.3 Å². The zero-order valence-corrected chi connectivity index (χ0v) is 13.0. The average molecular weight is 282 g/mol. The Morgan fingerprint density at radius 1 is 1.00 bits per heavy atom. The molecule has 1 saturated carbocycles. The summed E-state index contributed by atoms with van der Waals surface area (Å²) in [5, 5.41) is 13.1. The number of aryl methyl sites for hydroxylation is 1. The molecule has 1 heteroatoms. The second kappa shape index (κ2) is 6.62. The molecule has 1 aliphatic rings. The van der Waals surface area contributed by atoms with Gasteiger partial charge in [0.2, 0.25) is 0 Å². The van der Waals surface area contributed by atoms with E-state index < -0.39 is 0 Å². The number of hydrogen-bond donors (Lipinski definition) is 1. The third-order valence-electron chi connectivity index (χ3n) is 5.11. The lowest BCUT2D eigenvalue weighted by atomic mass is 9.84. The molecule has 0 spiro atoms. The molecule has 1 nitrogen and oxygen atoms in total. The molecule has 0 bridgehead atoms. The first-order chi connectivity index (χ1) is 10.3. The summed E-state index contributed by atoms with van der Waals surface area (Å²) in [5.41, 5.74) is 2.39. The summed E-state index contributed by atoms with van der Waals surface area (Å²) in [5.74, 6) is 0.838. The number of rotatable bonds is 4. The standard InChI is InChI=1S/C20H26O/c1-15-11-13-19(18-10-6-5-9-17(15)18)20(21)14-12-16-7-3-2-4-8-16/h5-6,9-11,13,16,20-21H,2-4,7-8,12,14H2,1H3. The molecular weight excluding hydrogens is 256 g/mol. The largest absolute Gasteiger partial charge is 0.388 e. The van der Waals surface area contributed by atoms with Crippen LogP contribution in [0, 0.1) is 12.8 Å². The van der Waals surface area contributed by atoms with Gasteiger partial charge in [-0.3, -0.25) is 0 Å². The van der Waals surface area contributed by atoms with Gasteiger partial charge in [0.15, 0.2) is 0 Å². The van der Waals surface area contributed by atoms with Crippen LogP contribution in [0.4, 0.5) is 0 Å². The molecule has 0 saturated heterocycles. The molecule has 3 rings (SSSR count). The van der Waals surface area contributed by atoms with Crippen molar-refractivity contribution >= 4 is 10.8 Å². The van der Waals surface area contributed by atoms with Crippen LogP contribution in [0.3, 0.4) is 0 Å². The normalized spacial score (nSPS) is 18.0.